The van der Waals surface area contributed by atoms with Crippen molar-refractivity contribution in [2.45, 2.75) is 53.0 Å². The predicted molar refractivity (Wildman–Crippen MR) is 85.1 cm³/mol. The second kappa shape index (κ2) is 7.23. The van der Waals surface area contributed by atoms with Gasteiger partial charge in [-0.2, -0.15) is 0 Å². The highest BCUT2D eigenvalue weighted by molar-refractivity contribution is 7.89. The second-order valence-electron chi connectivity index (χ2n) is 6.47. The normalized spacial score (nSPS) is 14.2. The maximum atomic E-state index is 12.1. The van der Waals surface area contributed by atoms with Gasteiger partial charge in [-0.15, -0.1) is 0 Å². The zero-order chi connectivity index (χ0) is 15.2. The molecule has 20 heavy (non-hydrogen) atoms. The molecule has 1 aromatic rings. The fourth-order valence-electron chi connectivity index (χ4n) is 2.14. The van der Waals surface area contributed by atoms with Gasteiger partial charge in [-0.3, -0.25) is 0 Å². The summed E-state index contributed by atoms with van der Waals surface area (Å²) in [6.07, 6.45) is 2.36. The van der Waals surface area contributed by atoms with Crippen LogP contribution in [0.1, 0.15) is 58.6 Å². The molecule has 0 saturated carbocycles. The Morgan fingerprint density at radius 1 is 1.15 bits per heavy atom. The van der Waals surface area contributed by atoms with Gasteiger partial charge in [0.05, 0.1) is 5.75 Å². The van der Waals surface area contributed by atoms with E-state index < -0.39 is 10.0 Å². The molecule has 0 radical (unpaired) electrons. The first-order valence-corrected chi connectivity index (χ1v) is 8.94. The molecule has 0 aliphatic carbocycles. The van der Waals surface area contributed by atoms with E-state index in [0.717, 1.165) is 18.4 Å². The lowest BCUT2D eigenvalue weighted by molar-refractivity contribution is 0.373. The van der Waals surface area contributed by atoms with Crippen molar-refractivity contribution >= 4 is 10.0 Å². The van der Waals surface area contributed by atoms with Crippen LogP contribution in [0.5, 0.6) is 0 Å². The standard InChI is InChI=1S/C16H27NO2S/c1-5-15(14-10-7-6-8-11-14)17-20(18,19)13-9-12-16(2,3)4/h6-8,10-11,15,17H,5,9,12-13H2,1-4H3/t15-/m1/s1. The van der Waals surface area contributed by atoms with Gasteiger partial charge in [0.2, 0.25) is 10.0 Å². The fraction of sp³-hybridized carbons (Fsp3) is 0.625. The van der Waals surface area contributed by atoms with Crippen LogP contribution in [0.15, 0.2) is 30.3 Å². The fourth-order valence-corrected chi connectivity index (χ4v) is 3.52. The Morgan fingerprint density at radius 2 is 1.75 bits per heavy atom. The van der Waals surface area contributed by atoms with E-state index in [0.29, 0.717) is 6.42 Å². The van der Waals surface area contributed by atoms with Crippen molar-refractivity contribution in [1.29, 1.82) is 0 Å². The molecule has 0 amide bonds. The number of hydrogen-bond acceptors (Lipinski definition) is 2. The van der Waals surface area contributed by atoms with Crippen molar-refractivity contribution in [2.75, 3.05) is 5.75 Å². The maximum Gasteiger partial charge on any atom is 0.212 e. The van der Waals surface area contributed by atoms with Crippen molar-refractivity contribution in [3.63, 3.8) is 0 Å². The molecule has 114 valence electrons. The summed E-state index contributed by atoms with van der Waals surface area (Å²) in [5.74, 6) is 0.202. The first-order chi connectivity index (χ1) is 9.23. The predicted octanol–water partition coefficient (Wildman–Crippen LogP) is 3.88. The van der Waals surface area contributed by atoms with Gasteiger partial charge >= 0.3 is 0 Å². The molecule has 0 spiro atoms. The van der Waals surface area contributed by atoms with Crippen molar-refractivity contribution < 1.29 is 8.42 Å². The molecule has 1 aromatic carbocycles. The van der Waals surface area contributed by atoms with Gasteiger partial charge in [0.15, 0.2) is 0 Å². The highest BCUT2D eigenvalue weighted by Gasteiger charge is 2.19. The molecule has 0 aliphatic rings. The lowest BCUT2D eigenvalue weighted by Gasteiger charge is -2.20. The van der Waals surface area contributed by atoms with E-state index in [1.54, 1.807) is 0 Å². The Hall–Kier alpha value is -0.870. The lowest BCUT2D eigenvalue weighted by Crippen LogP contribution is -2.30. The van der Waals surface area contributed by atoms with Crippen LogP contribution in [0.3, 0.4) is 0 Å². The Kier molecular flexibility index (Phi) is 6.21. The van der Waals surface area contributed by atoms with Crippen LogP contribution in [0.25, 0.3) is 0 Å². The monoisotopic (exact) mass is 297 g/mol. The van der Waals surface area contributed by atoms with E-state index in [-0.39, 0.29) is 17.2 Å². The van der Waals surface area contributed by atoms with E-state index in [9.17, 15) is 8.42 Å². The third-order valence-electron chi connectivity index (χ3n) is 3.27. The summed E-state index contributed by atoms with van der Waals surface area (Å²) in [4.78, 5) is 0. The average Bonchev–Trinajstić information content (AvgIpc) is 2.35. The van der Waals surface area contributed by atoms with Crippen LogP contribution in [-0.2, 0) is 10.0 Å². The molecule has 0 heterocycles. The first-order valence-electron chi connectivity index (χ1n) is 7.28. The molecular formula is C16H27NO2S. The smallest absolute Gasteiger partial charge is 0.212 e. The summed E-state index contributed by atoms with van der Waals surface area (Å²) in [6.45, 7) is 8.39. The summed E-state index contributed by atoms with van der Waals surface area (Å²) >= 11 is 0. The summed E-state index contributed by atoms with van der Waals surface area (Å²) < 4.78 is 27.1. The van der Waals surface area contributed by atoms with Crippen molar-refractivity contribution in [3.05, 3.63) is 35.9 Å². The van der Waals surface area contributed by atoms with Crippen LogP contribution in [0.4, 0.5) is 0 Å². The Labute approximate surface area is 123 Å². The third-order valence-corrected chi connectivity index (χ3v) is 4.74. The number of hydrogen-bond donors (Lipinski definition) is 1. The van der Waals surface area contributed by atoms with Crippen LogP contribution >= 0.6 is 0 Å². The van der Waals surface area contributed by atoms with Gasteiger partial charge < -0.3 is 0 Å². The molecule has 1 N–H and O–H groups in total. The van der Waals surface area contributed by atoms with Crippen molar-refractivity contribution in [1.82, 2.24) is 4.72 Å². The highest BCUT2D eigenvalue weighted by atomic mass is 32.2. The topological polar surface area (TPSA) is 46.2 Å². The summed E-state index contributed by atoms with van der Waals surface area (Å²) in [7, 11) is -3.21. The second-order valence-corrected chi connectivity index (χ2v) is 8.35. The van der Waals surface area contributed by atoms with Gasteiger partial charge in [-0.1, -0.05) is 58.0 Å². The number of nitrogens with one attached hydrogen (secondary N) is 1. The molecular weight excluding hydrogens is 270 g/mol. The Bertz CT molecular complexity index is 489. The minimum atomic E-state index is -3.21. The third kappa shape index (κ3) is 6.53. The molecule has 4 heteroatoms. The van der Waals surface area contributed by atoms with Crippen LogP contribution in [0.2, 0.25) is 0 Å². The van der Waals surface area contributed by atoms with Crippen LogP contribution in [0, 0.1) is 5.41 Å². The molecule has 3 nitrogen and oxygen atoms in total. The van der Waals surface area contributed by atoms with E-state index >= 15 is 0 Å². The maximum absolute atomic E-state index is 12.1. The molecule has 0 unspecified atom stereocenters. The number of rotatable bonds is 7. The summed E-state index contributed by atoms with van der Waals surface area (Å²) in [5.41, 5.74) is 1.20. The van der Waals surface area contributed by atoms with Crippen LogP contribution in [-0.4, -0.2) is 14.2 Å². The summed E-state index contributed by atoms with van der Waals surface area (Å²) in [6, 6.07) is 9.61. The first kappa shape index (κ1) is 17.2. The molecule has 1 atom stereocenters. The Balaban J connectivity index is 2.60. The van der Waals surface area contributed by atoms with E-state index in [2.05, 4.69) is 25.5 Å². The van der Waals surface area contributed by atoms with Crippen LogP contribution < -0.4 is 4.72 Å². The quantitative estimate of drug-likeness (QED) is 0.830. The molecule has 0 bridgehead atoms. The lowest BCUT2D eigenvalue weighted by atomic mass is 9.91. The van der Waals surface area contributed by atoms with Gasteiger partial charge in [-0.05, 0) is 30.2 Å². The van der Waals surface area contributed by atoms with Gasteiger partial charge in [0.1, 0.15) is 0 Å². The molecule has 0 aliphatic heterocycles. The Morgan fingerprint density at radius 3 is 2.25 bits per heavy atom. The van der Waals surface area contributed by atoms with Gasteiger partial charge in [0, 0.05) is 6.04 Å². The minimum absolute atomic E-state index is 0.129. The van der Waals surface area contributed by atoms with Gasteiger partial charge in [-0.25, -0.2) is 13.1 Å². The average molecular weight is 297 g/mol. The molecule has 0 saturated heterocycles. The highest BCUT2D eigenvalue weighted by Crippen LogP contribution is 2.22. The molecule has 0 fully saturated rings. The van der Waals surface area contributed by atoms with Gasteiger partial charge in [0.25, 0.3) is 0 Å². The van der Waals surface area contributed by atoms with Crippen molar-refractivity contribution in [3.8, 4) is 0 Å². The molecule has 0 aromatic heterocycles. The SMILES string of the molecule is CC[C@@H](NS(=O)(=O)CCCC(C)(C)C)c1ccccc1. The number of benzene rings is 1. The zero-order valence-electron chi connectivity index (χ0n) is 13.0. The van der Waals surface area contributed by atoms with Crippen molar-refractivity contribution in [2.24, 2.45) is 5.41 Å². The summed E-state index contributed by atoms with van der Waals surface area (Å²) in [5, 5.41) is 0. The van der Waals surface area contributed by atoms with E-state index in [1.165, 1.54) is 0 Å². The zero-order valence-corrected chi connectivity index (χ0v) is 13.8. The minimum Gasteiger partial charge on any atom is -0.212 e. The molecule has 1 rings (SSSR count). The largest absolute Gasteiger partial charge is 0.212 e. The van der Waals surface area contributed by atoms with E-state index in [1.807, 2.05) is 37.3 Å². The number of sulfonamides is 1. The van der Waals surface area contributed by atoms with E-state index in [4.69, 9.17) is 0 Å².